The van der Waals surface area contributed by atoms with Crippen molar-refractivity contribution in [3.8, 4) is 0 Å². The van der Waals surface area contributed by atoms with Gasteiger partial charge in [0.15, 0.2) is 0 Å². The number of H-pyrrole nitrogens is 2. The molecule has 0 spiro atoms. The van der Waals surface area contributed by atoms with E-state index in [-0.39, 0.29) is 5.56 Å². The Morgan fingerprint density at radius 2 is 1.83 bits per heavy atom. The van der Waals surface area contributed by atoms with E-state index < -0.39 is 0 Å². The minimum atomic E-state index is -0.108. The van der Waals surface area contributed by atoms with Crippen molar-refractivity contribution in [2.24, 2.45) is 0 Å². The standard InChI is InChI=1S/C11H10Cl2N2O.C2H6/c1-6-9(11(16)15-14-6)4-7-2-3-8(12)5-10(7)13;1-2/h2-3,5H,4H2,1H3,(H2,14,15,16);1-2H3. The molecule has 1 heterocycles. The highest BCUT2D eigenvalue weighted by molar-refractivity contribution is 6.35. The third-order valence-electron chi connectivity index (χ3n) is 2.47. The molecule has 1 aromatic heterocycles. The number of hydrogen-bond acceptors (Lipinski definition) is 1. The molecule has 2 rings (SSSR count). The van der Waals surface area contributed by atoms with Gasteiger partial charge in [-0.2, -0.15) is 0 Å². The van der Waals surface area contributed by atoms with Gasteiger partial charge in [-0.3, -0.25) is 9.89 Å². The molecule has 18 heavy (non-hydrogen) atoms. The lowest BCUT2D eigenvalue weighted by atomic mass is 10.1. The molecule has 0 atom stereocenters. The van der Waals surface area contributed by atoms with E-state index in [2.05, 4.69) is 10.2 Å². The second kappa shape index (κ2) is 6.66. The predicted octanol–water partition coefficient (Wildman–Crippen LogP) is 3.94. The van der Waals surface area contributed by atoms with E-state index in [0.29, 0.717) is 22.0 Å². The van der Waals surface area contributed by atoms with E-state index >= 15 is 0 Å². The van der Waals surface area contributed by atoms with E-state index in [1.807, 2.05) is 26.8 Å². The van der Waals surface area contributed by atoms with Crippen LogP contribution in [0.5, 0.6) is 0 Å². The summed E-state index contributed by atoms with van der Waals surface area (Å²) in [5, 5.41) is 6.49. The Hall–Kier alpha value is -1.19. The number of rotatable bonds is 2. The summed E-state index contributed by atoms with van der Waals surface area (Å²) < 4.78 is 0. The molecule has 0 aliphatic rings. The molecular weight excluding hydrogens is 271 g/mol. The first-order valence-electron chi connectivity index (χ1n) is 5.78. The summed E-state index contributed by atoms with van der Waals surface area (Å²) in [6.45, 7) is 5.84. The Labute approximate surface area is 116 Å². The van der Waals surface area contributed by atoms with Crippen LogP contribution in [-0.2, 0) is 6.42 Å². The van der Waals surface area contributed by atoms with Crippen molar-refractivity contribution in [1.82, 2.24) is 10.2 Å². The Kier molecular flexibility index (Phi) is 5.51. The van der Waals surface area contributed by atoms with Gasteiger partial charge in [-0.15, -0.1) is 0 Å². The van der Waals surface area contributed by atoms with E-state index in [0.717, 1.165) is 11.3 Å². The first kappa shape index (κ1) is 14.9. The molecule has 0 radical (unpaired) electrons. The Morgan fingerprint density at radius 3 is 2.33 bits per heavy atom. The van der Waals surface area contributed by atoms with Crippen molar-refractivity contribution in [3.63, 3.8) is 0 Å². The number of nitrogens with one attached hydrogen (secondary N) is 2. The van der Waals surface area contributed by atoms with Crippen LogP contribution in [0.25, 0.3) is 0 Å². The fourth-order valence-corrected chi connectivity index (χ4v) is 2.02. The number of aromatic nitrogens is 2. The third kappa shape index (κ3) is 3.40. The van der Waals surface area contributed by atoms with E-state index in [4.69, 9.17) is 23.2 Å². The molecule has 0 bridgehead atoms. The number of aryl methyl sites for hydroxylation is 1. The molecule has 5 heteroatoms. The average molecular weight is 287 g/mol. The Morgan fingerprint density at radius 1 is 1.17 bits per heavy atom. The lowest BCUT2D eigenvalue weighted by Crippen LogP contribution is -2.07. The molecule has 1 aromatic carbocycles. The molecular formula is C13H16Cl2N2O. The molecule has 0 aliphatic carbocycles. The minimum absolute atomic E-state index is 0.108. The topological polar surface area (TPSA) is 48.6 Å². The summed E-state index contributed by atoms with van der Waals surface area (Å²) in [6.07, 6.45) is 0.501. The van der Waals surface area contributed by atoms with Gasteiger partial charge in [-0.1, -0.05) is 43.1 Å². The first-order chi connectivity index (χ1) is 8.58. The summed E-state index contributed by atoms with van der Waals surface area (Å²) in [6, 6.07) is 5.27. The third-order valence-corrected chi connectivity index (χ3v) is 3.06. The fraction of sp³-hybridized carbons (Fsp3) is 0.308. The SMILES string of the molecule is CC.Cc1[nH][nH]c(=O)c1Cc1ccc(Cl)cc1Cl. The van der Waals surface area contributed by atoms with Gasteiger partial charge in [0.25, 0.3) is 5.56 Å². The number of hydrogen-bond donors (Lipinski definition) is 2. The van der Waals surface area contributed by atoms with Gasteiger partial charge in [0.05, 0.1) is 0 Å². The van der Waals surface area contributed by atoms with Gasteiger partial charge < -0.3 is 5.10 Å². The number of halogens is 2. The van der Waals surface area contributed by atoms with Gasteiger partial charge in [0.1, 0.15) is 0 Å². The maximum Gasteiger partial charge on any atom is 0.267 e. The molecule has 0 amide bonds. The van der Waals surface area contributed by atoms with Crippen LogP contribution in [0.2, 0.25) is 10.0 Å². The molecule has 0 aliphatic heterocycles. The highest BCUT2D eigenvalue weighted by Crippen LogP contribution is 2.23. The quantitative estimate of drug-likeness (QED) is 0.863. The summed E-state index contributed by atoms with van der Waals surface area (Å²) >= 11 is 11.8. The van der Waals surface area contributed by atoms with Crippen molar-refractivity contribution in [3.05, 3.63) is 55.4 Å². The lowest BCUT2D eigenvalue weighted by Gasteiger charge is -2.03. The average Bonchev–Trinajstić information content (AvgIpc) is 2.66. The van der Waals surface area contributed by atoms with Crippen molar-refractivity contribution < 1.29 is 0 Å². The summed E-state index contributed by atoms with van der Waals surface area (Å²) in [5.74, 6) is 0. The predicted molar refractivity (Wildman–Crippen MR) is 76.8 cm³/mol. The molecule has 0 saturated carbocycles. The van der Waals surface area contributed by atoms with E-state index in [1.54, 1.807) is 12.1 Å². The molecule has 2 aromatic rings. The first-order valence-corrected chi connectivity index (χ1v) is 6.53. The van der Waals surface area contributed by atoms with Crippen molar-refractivity contribution in [2.75, 3.05) is 0 Å². The van der Waals surface area contributed by atoms with Crippen LogP contribution in [0.1, 0.15) is 30.7 Å². The normalized spacial score (nSPS) is 9.83. The van der Waals surface area contributed by atoms with E-state index in [1.165, 1.54) is 0 Å². The number of aromatic amines is 2. The zero-order chi connectivity index (χ0) is 13.7. The van der Waals surface area contributed by atoms with Crippen LogP contribution < -0.4 is 5.56 Å². The second-order valence-corrected chi connectivity index (χ2v) is 4.44. The smallest absolute Gasteiger partial charge is 0.267 e. The van der Waals surface area contributed by atoms with Crippen LogP contribution in [0.15, 0.2) is 23.0 Å². The molecule has 0 saturated heterocycles. The summed E-state index contributed by atoms with van der Waals surface area (Å²) in [5.41, 5.74) is 2.31. The maximum atomic E-state index is 11.5. The molecule has 0 unspecified atom stereocenters. The van der Waals surface area contributed by atoms with E-state index in [9.17, 15) is 4.79 Å². The number of benzene rings is 1. The lowest BCUT2D eigenvalue weighted by molar-refractivity contribution is 1.02. The monoisotopic (exact) mass is 286 g/mol. The van der Waals surface area contributed by atoms with Crippen LogP contribution in [0, 0.1) is 6.92 Å². The minimum Gasteiger partial charge on any atom is -0.302 e. The van der Waals surface area contributed by atoms with Crippen molar-refractivity contribution in [2.45, 2.75) is 27.2 Å². The fourth-order valence-electron chi connectivity index (χ4n) is 1.54. The zero-order valence-corrected chi connectivity index (χ0v) is 12.1. The van der Waals surface area contributed by atoms with Gasteiger partial charge in [0, 0.05) is 27.7 Å². The van der Waals surface area contributed by atoms with Gasteiger partial charge in [-0.05, 0) is 24.6 Å². The summed E-state index contributed by atoms with van der Waals surface area (Å²) in [7, 11) is 0. The van der Waals surface area contributed by atoms with Gasteiger partial charge >= 0.3 is 0 Å². The Balaban J connectivity index is 0.000000771. The van der Waals surface area contributed by atoms with Gasteiger partial charge in [0.2, 0.25) is 0 Å². The van der Waals surface area contributed by atoms with Gasteiger partial charge in [-0.25, -0.2) is 0 Å². The molecule has 98 valence electrons. The second-order valence-electron chi connectivity index (χ2n) is 3.60. The van der Waals surface area contributed by atoms with Crippen LogP contribution in [-0.4, -0.2) is 10.2 Å². The van der Waals surface area contributed by atoms with Crippen molar-refractivity contribution in [1.29, 1.82) is 0 Å². The van der Waals surface area contributed by atoms with Crippen molar-refractivity contribution >= 4 is 23.2 Å². The molecule has 2 N–H and O–H groups in total. The zero-order valence-electron chi connectivity index (χ0n) is 10.6. The molecule has 3 nitrogen and oxygen atoms in total. The summed E-state index contributed by atoms with van der Waals surface area (Å²) in [4.78, 5) is 11.5. The van der Waals surface area contributed by atoms with Crippen LogP contribution >= 0.6 is 23.2 Å². The largest absolute Gasteiger partial charge is 0.302 e. The highest BCUT2D eigenvalue weighted by atomic mass is 35.5. The maximum absolute atomic E-state index is 11.5. The Bertz CT molecular complexity index is 573. The highest BCUT2D eigenvalue weighted by Gasteiger charge is 2.09. The van der Waals surface area contributed by atoms with Crippen LogP contribution in [0.3, 0.4) is 0 Å². The van der Waals surface area contributed by atoms with Crippen LogP contribution in [0.4, 0.5) is 0 Å². The molecule has 0 fully saturated rings.